The predicted octanol–water partition coefficient (Wildman–Crippen LogP) is 3.43. The van der Waals surface area contributed by atoms with Gasteiger partial charge >= 0.3 is 0 Å². The molecule has 1 aromatic rings. The molecule has 0 spiro atoms. The van der Waals surface area contributed by atoms with Crippen LogP contribution in [0.3, 0.4) is 0 Å². The molecule has 0 bridgehead atoms. The van der Waals surface area contributed by atoms with Crippen molar-refractivity contribution in [3.8, 4) is 0 Å². The second-order valence-corrected chi connectivity index (χ2v) is 6.28. The summed E-state index contributed by atoms with van der Waals surface area (Å²) < 4.78 is 1.21. The molecule has 102 valence electrons. The Bertz CT molecular complexity index is 364. The van der Waals surface area contributed by atoms with Crippen LogP contribution >= 0.6 is 15.9 Å². The van der Waals surface area contributed by atoms with Gasteiger partial charge < -0.3 is 10.2 Å². The third kappa shape index (κ3) is 5.98. The highest BCUT2D eigenvalue weighted by Gasteiger charge is 2.04. The molecule has 3 heteroatoms. The summed E-state index contributed by atoms with van der Waals surface area (Å²) in [6.45, 7) is 10.8. The molecule has 0 aliphatic rings. The first kappa shape index (κ1) is 15.7. The van der Waals surface area contributed by atoms with Crippen LogP contribution in [0.25, 0.3) is 0 Å². The van der Waals surface area contributed by atoms with E-state index in [1.54, 1.807) is 0 Å². The first-order valence-corrected chi connectivity index (χ1v) is 7.42. The van der Waals surface area contributed by atoms with Gasteiger partial charge in [-0.2, -0.15) is 0 Å². The summed E-state index contributed by atoms with van der Waals surface area (Å²) in [5, 5.41) is 3.47. The van der Waals surface area contributed by atoms with Crippen LogP contribution in [0.4, 0.5) is 0 Å². The molecule has 0 heterocycles. The zero-order chi connectivity index (χ0) is 13.5. The number of benzene rings is 1. The topological polar surface area (TPSA) is 15.3 Å². The molecule has 0 radical (unpaired) electrons. The third-order valence-electron chi connectivity index (χ3n) is 2.87. The minimum Gasteiger partial charge on any atom is -0.315 e. The maximum Gasteiger partial charge on any atom is 0.0242 e. The summed E-state index contributed by atoms with van der Waals surface area (Å²) in [5.41, 5.74) is 2.65. The Morgan fingerprint density at radius 2 is 2.06 bits per heavy atom. The second-order valence-electron chi connectivity index (χ2n) is 5.43. The maximum absolute atomic E-state index is 3.63. The van der Waals surface area contributed by atoms with E-state index in [2.05, 4.69) is 72.2 Å². The molecule has 1 N–H and O–H groups in total. The summed E-state index contributed by atoms with van der Waals surface area (Å²) in [6, 6.07) is 6.56. The van der Waals surface area contributed by atoms with Crippen molar-refractivity contribution in [2.24, 2.45) is 5.92 Å². The molecule has 1 rings (SSSR count). The van der Waals surface area contributed by atoms with Crippen LogP contribution in [0.2, 0.25) is 0 Å². The maximum atomic E-state index is 3.63. The van der Waals surface area contributed by atoms with Crippen LogP contribution in [0, 0.1) is 12.8 Å². The third-order valence-corrected chi connectivity index (χ3v) is 3.61. The van der Waals surface area contributed by atoms with Gasteiger partial charge in [0.2, 0.25) is 0 Å². The quantitative estimate of drug-likeness (QED) is 0.776. The largest absolute Gasteiger partial charge is 0.315 e. The monoisotopic (exact) mass is 312 g/mol. The molecule has 18 heavy (non-hydrogen) atoms. The lowest BCUT2D eigenvalue weighted by atomic mass is 10.1. The molecule has 0 atom stereocenters. The summed E-state index contributed by atoms with van der Waals surface area (Å²) in [5.74, 6) is 0.724. The van der Waals surface area contributed by atoms with Crippen LogP contribution < -0.4 is 5.32 Å². The average molecular weight is 313 g/mol. The van der Waals surface area contributed by atoms with Gasteiger partial charge in [-0.25, -0.2) is 0 Å². The van der Waals surface area contributed by atoms with Crippen molar-refractivity contribution in [3.63, 3.8) is 0 Å². The number of aryl methyl sites for hydroxylation is 1. The summed E-state index contributed by atoms with van der Waals surface area (Å²) in [6.07, 6.45) is 0. The normalized spacial score (nSPS) is 11.5. The second kappa shape index (κ2) is 7.93. The highest BCUT2D eigenvalue weighted by molar-refractivity contribution is 9.10. The van der Waals surface area contributed by atoms with E-state index >= 15 is 0 Å². The fourth-order valence-electron chi connectivity index (χ4n) is 1.81. The molecule has 0 aliphatic heterocycles. The van der Waals surface area contributed by atoms with Gasteiger partial charge in [0.1, 0.15) is 0 Å². The van der Waals surface area contributed by atoms with E-state index in [1.807, 2.05) is 0 Å². The van der Waals surface area contributed by atoms with Gasteiger partial charge in [-0.15, -0.1) is 0 Å². The lowest BCUT2D eigenvalue weighted by Crippen LogP contribution is -2.30. The minimum atomic E-state index is 0.724. The fraction of sp³-hybridized carbons (Fsp3) is 0.600. The van der Waals surface area contributed by atoms with E-state index in [0.717, 1.165) is 32.1 Å². The highest BCUT2D eigenvalue weighted by Crippen LogP contribution is 2.19. The van der Waals surface area contributed by atoms with Crippen molar-refractivity contribution >= 4 is 15.9 Å². The average Bonchev–Trinajstić information content (AvgIpc) is 2.28. The molecular weight excluding hydrogens is 288 g/mol. The molecule has 0 aliphatic carbocycles. The van der Waals surface area contributed by atoms with Crippen LogP contribution in [0.15, 0.2) is 22.7 Å². The van der Waals surface area contributed by atoms with Gasteiger partial charge in [0.15, 0.2) is 0 Å². The van der Waals surface area contributed by atoms with Crippen LogP contribution in [-0.4, -0.2) is 31.6 Å². The van der Waals surface area contributed by atoms with Crippen molar-refractivity contribution < 1.29 is 0 Å². The number of halogens is 1. The predicted molar refractivity (Wildman–Crippen MR) is 82.9 cm³/mol. The minimum absolute atomic E-state index is 0.724. The Balaban J connectivity index is 2.33. The van der Waals surface area contributed by atoms with E-state index in [1.165, 1.54) is 15.6 Å². The number of hydrogen-bond acceptors (Lipinski definition) is 2. The van der Waals surface area contributed by atoms with Gasteiger partial charge in [-0.05, 0) is 43.6 Å². The lowest BCUT2D eigenvalue weighted by molar-refractivity contribution is 0.321. The van der Waals surface area contributed by atoms with Gasteiger partial charge in [0, 0.05) is 24.1 Å². The Kier molecular flexibility index (Phi) is 6.90. The Labute approximate surface area is 120 Å². The first-order chi connectivity index (χ1) is 8.49. The molecular formula is C15H25BrN2. The Hall–Kier alpha value is -0.380. The molecule has 0 saturated carbocycles. The van der Waals surface area contributed by atoms with E-state index in [-0.39, 0.29) is 0 Å². The Morgan fingerprint density at radius 1 is 1.33 bits per heavy atom. The van der Waals surface area contributed by atoms with Crippen molar-refractivity contribution in [1.82, 2.24) is 10.2 Å². The number of nitrogens with one attached hydrogen (secondary N) is 1. The van der Waals surface area contributed by atoms with E-state index in [4.69, 9.17) is 0 Å². The van der Waals surface area contributed by atoms with E-state index in [0.29, 0.717) is 0 Å². The van der Waals surface area contributed by atoms with Gasteiger partial charge in [0.25, 0.3) is 0 Å². The summed E-state index contributed by atoms with van der Waals surface area (Å²) in [4.78, 5) is 2.35. The Morgan fingerprint density at radius 3 is 2.67 bits per heavy atom. The molecule has 0 fully saturated rings. The number of hydrogen-bond donors (Lipinski definition) is 1. The summed E-state index contributed by atoms with van der Waals surface area (Å²) in [7, 11) is 2.17. The van der Waals surface area contributed by atoms with Gasteiger partial charge in [0.05, 0.1) is 0 Å². The standard InChI is InChI=1S/C15H25BrN2/c1-12(2)10-17-7-8-18(4)11-14-6-5-13(3)9-15(14)16/h5-6,9,12,17H,7-8,10-11H2,1-4H3. The van der Waals surface area contributed by atoms with Crippen LogP contribution in [0.5, 0.6) is 0 Å². The number of nitrogens with zero attached hydrogens (tertiary/aromatic N) is 1. The zero-order valence-corrected chi connectivity index (χ0v) is 13.5. The molecule has 1 aromatic carbocycles. The molecule has 2 nitrogen and oxygen atoms in total. The molecule has 0 aromatic heterocycles. The summed E-state index contributed by atoms with van der Waals surface area (Å²) >= 11 is 3.63. The van der Waals surface area contributed by atoms with E-state index in [9.17, 15) is 0 Å². The van der Waals surface area contributed by atoms with Crippen molar-refractivity contribution in [1.29, 1.82) is 0 Å². The lowest BCUT2D eigenvalue weighted by Gasteiger charge is -2.18. The van der Waals surface area contributed by atoms with Crippen molar-refractivity contribution in [2.75, 3.05) is 26.7 Å². The SMILES string of the molecule is Cc1ccc(CN(C)CCNCC(C)C)c(Br)c1. The smallest absolute Gasteiger partial charge is 0.0242 e. The number of rotatable bonds is 7. The highest BCUT2D eigenvalue weighted by atomic mass is 79.9. The van der Waals surface area contributed by atoms with Crippen LogP contribution in [0.1, 0.15) is 25.0 Å². The molecule has 0 unspecified atom stereocenters. The van der Waals surface area contributed by atoms with E-state index < -0.39 is 0 Å². The molecule has 0 saturated heterocycles. The molecule has 0 amide bonds. The first-order valence-electron chi connectivity index (χ1n) is 6.63. The zero-order valence-electron chi connectivity index (χ0n) is 12.0. The van der Waals surface area contributed by atoms with Crippen LogP contribution in [-0.2, 0) is 6.54 Å². The fourth-order valence-corrected chi connectivity index (χ4v) is 2.43. The van der Waals surface area contributed by atoms with Crippen molar-refractivity contribution in [2.45, 2.75) is 27.3 Å². The van der Waals surface area contributed by atoms with Gasteiger partial charge in [-0.1, -0.05) is 41.9 Å². The van der Waals surface area contributed by atoms with Crippen molar-refractivity contribution in [3.05, 3.63) is 33.8 Å². The number of likely N-dealkylation sites (N-methyl/N-ethyl adjacent to an activating group) is 1. The van der Waals surface area contributed by atoms with Gasteiger partial charge in [-0.3, -0.25) is 0 Å².